The van der Waals surface area contributed by atoms with Crippen LogP contribution in [0, 0.1) is 0 Å². The van der Waals surface area contributed by atoms with Gasteiger partial charge in [-0.15, -0.1) is 0 Å². The Morgan fingerprint density at radius 1 is 1.21 bits per heavy atom. The van der Waals surface area contributed by atoms with E-state index in [1.807, 2.05) is 18.4 Å². The first-order valence-corrected chi connectivity index (χ1v) is 13.5. The Kier molecular flexibility index (Phi) is 11.9. The van der Waals surface area contributed by atoms with Crippen molar-refractivity contribution in [3.63, 3.8) is 0 Å². The highest BCUT2D eigenvalue weighted by Crippen LogP contribution is 2.22. The van der Waals surface area contributed by atoms with E-state index in [1.54, 1.807) is 30.2 Å². The van der Waals surface area contributed by atoms with Gasteiger partial charge in [0.05, 0.1) is 12.8 Å². The van der Waals surface area contributed by atoms with Crippen molar-refractivity contribution in [2.24, 2.45) is 5.73 Å². The first-order valence-electron chi connectivity index (χ1n) is 11.4. The monoisotopic (exact) mass is 491 g/mol. The molecule has 0 aliphatic heterocycles. The summed E-state index contributed by atoms with van der Waals surface area (Å²) in [6.45, 7) is 4.43. The quantitative estimate of drug-likeness (QED) is 0.298. The van der Waals surface area contributed by atoms with E-state index in [2.05, 4.69) is 43.2 Å². The largest absolute Gasteiger partial charge is 0.467 e. The Balaban J connectivity index is 2.12. The Labute approximate surface area is 207 Å². The van der Waals surface area contributed by atoms with Gasteiger partial charge in [0.1, 0.15) is 11.8 Å². The summed E-state index contributed by atoms with van der Waals surface area (Å²) in [5.41, 5.74) is 8.68. The van der Waals surface area contributed by atoms with Crippen molar-refractivity contribution in [2.75, 3.05) is 17.8 Å². The molecule has 6 nitrogen and oxygen atoms in total. The van der Waals surface area contributed by atoms with Crippen molar-refractivity contribution in [3.05, 3.63) is 59.0 Å². The number of rotatable bonds is 14. The van der Waals surface area contributed by atoms with Crippen molar-refractivity contribution < 1.29 is 14.0 Å². The lowest BCUT2D eigenvalue weighted by atomic mass is 9.93. The fourth-order valence-corrected chi connectivity index (χ4v) is 4.22. The second-order valence-electron chi connectivity index (χ2n) is 8.52. The van der Waals surface area contributed by atoms with Crippen LogP contribution in [0.2, 0.25) is 0 Å². The molecule has 2 atom stereocenters. The zero-order chi connectivity index (χ0) is 24.2. The van der Waals surface area contributed by atoms with E-state index < -0.39 is 6.04 Å². The summed E-state index contributed by atoms with van der Waals surface area (Å²) in [6, 6.07) is 9.13. The SMILES string of the molecule is CSCC[C@H](NC(=O)c1cc(CCC[C@@H](N)CS)ccc1C(C)C)C(=O)NCc1ccco1. The number of hydrogen-bond acceptors (Lipinski definition) is 6. The van der Waals surface area contributed by atoms with Gasteiger partial charge in [0, 0.05) is 17.4 Å². The first-order chi connectivity index (χ1) is 15.8. The van der Waals surface area contributed by atoms with Gasteiger partial charge >= 0.3 is 0 Å². The third-order valence-corrected chi connectivity index (χ3v) is 6.62. The van der Waals surface area contributed by atoms with Crippen LogP contribution in [0.4, 0.5) is 0 Å². The number of hydrogen-bond donors (Lipinski definition) is 4. The molecular formula is C25H37N3O3S2. The number of thioether (sulfide) groups is 1. The standard InChI is InChI=1S/C25H37N3O3S2/c1-17(2)21-10-9-18(6-4-7-19(26)16-32)14-22(21)24(29)28-23(11-13-33-3)25(30)27-15-20-8-5-12-31-20/h5,8-10,12,14,17,19,23,32H,4,6-7,11,13,15-16,26H2,1-3H3,(H,27,30)(H,28,29)/t19-,23+/m1/s1. The van der Waals surface area contributed by atoms with Crippen LogP contribution in [-0.4, -0.2) is 41.7 Å². The number of aryl methyl sites for hydroxylation is 1. The molecule has 0 radical (unpaired) electrons. The van der Waals surface area contributed by atoms with Gasteiger partial charge < -0.3 is 20.8 Å². The molecule has 2 rings (SSSR count). The van der Waals surface area contributed by atoms with Crippen LogP contribution in [0.15, 0.2) is 41.0 Å². The molecule has 2 amide bonds. The topological polar surface area (TPSA) is 97.4 Å². The molecule has 0 unspecified atom stereocenters. The minimum atomic E-state index is -0.614. The molecule has 0 aliphatic carbocycles. The second kappa shape index (κ2) is 14.4. The van der Waals surface area contributed by atoms with Crippen LogP contribution in [0.1, 0.15) is 66.3 Å². The Morgan fingerprint density at radius 2 is 2.00 bits per heavy atom. The first kappa shape index (κ1) is 27.3. The third kappa shape index (κ3) is 9.10. The molecule has 8 heteroatoms. The summed E-state index contributed by atoms with van der Waals surface area (Å²) in [5.74, 6) is 1.87. The molecule has 0 aliphatic rings. The van der Waals surface area contributed by atoms with Gasteiger partial charge in [-0.05, 0) is 72.9 Å². The molecule has 0 saturated heterocycles. The van der Waals surface area contributed by atoms with Crippen LogP contribution in [-0.2, 0) is 17.8 Å². The summed E-state index contributed by atoms with van der Waals surface area (Å²) < 4.78 is 5.29. The number of nitrogens with one attached hydrogen (secondary N) is 2. The van der Waals surface area contributed by atoms with Crippen molar-refractivity contribution in [2.45, 2.75) is 64.1 Å². The number of carbonyl (C=O) groups excluding carboxylic acids is 2. The molecule has 182 valence electrons. The van der Waals surface area contributed by atoms with Crippen LogP contribution in [0.5, 0.6) is 0 Å². The average Bonchev–Trinajstić information content (AvgIpc) is 3.33. The van der Waals surface area contributed by atoms with E-state index in [1.165, 1.54) is 0 Å². The van der Waals surface area contributed by atoms with Gasteiger partial charge in [0.2, 0.25) is 5.91 Å². The molecule has 1 heterocycles. The summed E-state index contributed by atoms with van der Waals surface area (Å²) >= 11 is 5.89. The maximum atomic E-state index is 13.3. The predicted octanol–water partition coefficient (Wildman–Crippen LogP) is 4.15. The summed E-state index contributed by atoms with van der Waals surface area (Å²) in [6.07, 6.45) is 6.79. The van der Waals surface area contributed by atoms with E-state index in [4.69, 9.17) is 10.2 Å². The van der Waals surface area contributed by atoms with Gasteiger partial charge in [-0.1, -0.05) is 26.0 Å². The number of benzene rings is 1. The smallest absolute Gasteiger partial charge is 0.252 e. The van der Waals surface area contributed by atoms with Crippen molar-refractivity contribution in [1.82, 2.24) is 10.6 Å². The molecule has 4 N–H and O–H groups in total. The van der Waals surface area contributed by atoms with E-state index >= 15 is 0 Å². The van der Waals surface area contributed by atoms with Crippen LogP contribution < -0.4 is 16.4 Å². The van der Waals surface area contributed by atoms with Gasteiger partial charge in [-0.25, -0.2) is 0 Å². The normalized spacial score (nSPS) is 13.0. The summed E-state index contributed by atoms with van der Waals surface area (Å²) in [5, 5.41) is 5.85. The predicted molar refractivity (Wildman–Crippen MR) is 140 cm³/mol. The molecule has 1 aromatic heterocycles. The number of thiol groups is 1. The van der Waals surface area contributed by atoms with Crippen molar-refractivity contribution >= 4 is 36.2 Å². The fraction of sp³-hybridized carbons (Fsp3) is 0.520. The number of nitrogens with two attached hydrogens (primary N) is 1. The Bertz CT molecular complexity index is 872. The highest BCUT2D eigenvalue weighted by molar-refractivity contribution is 7.98. The number of furan rings is 1. The number of carbonyl (C=O) groups is 2. The Hall–Kier alpha value is -1.90. The van der Waals surface area contributed by atoms with Crippen LogP contribution >= 0.6 is 24.4 Å². The summed E-state index contributed by atoms with van der Waals surface area (Å²) in [4.78, 5) is 26.2. The van der Waals surface area contributed by atoms with Gasteiger partial charge in [0.15, 0.2) is 0 Å². The lowest BCUT2D eigenvalue weighted by molar-refractivity contribution is -0.123. The molecular weight excluding hydrogens is 454 g/mol. The van der Waals surface area contributed by atoms with Gasteiger partial charge in [-0.2, -0.15) is 24.4 Å². The van der Waals surface area contributed by atoms with Crippen molar-refractivity contribution in [1.29, 1.82) is 0 Å². The van der Waals surface area contributed by atoms with Crippen LogP contribution in [0.3, 0.4) is 0 Å². The van der Waals surface area contributed by atoms with E-state index in [-0.39, 0.29) is 23.8 Å². The average molecular weight is 492 g/mol. The van der Waals surface area contributed by atoms with Gasteiger partial charge in [0.25, 0.3) is 5.91 Å². The summed E-state index contributed by atoms with van der Waals surface area (Å²) in [7, 11) is 0. The molecule has 0 spiro atoms. The molecule has 0 fully saturated rings. The third-order valence-electron chi connectivity index (χ3n) is 5.51. The maximum Gasteiger partial charge on any atom is 0.252 e. The van der Waals surface area contributed by atoms with E-state index in [0.717, 1.165) is 36.1 Å². The highest BCUT2D eigenvalue weighted by atomic mass is 32.2. The zero-order valence-electron chi connectivity index (χ0n) is 19.8. The minimum absolute atomic E-state index is 0.0860. The minimum Gasteiger partial charge on any atom is -0.467 e. The second-order valence-corrected chi connectivity index (χ2v) is 9.87. The molecule has 0 bridgehead atoms. The Morgan fingerprint density at radius 3 is 2.64 bits per heavy atom. The molecule has 2 aromatic rings. The maximum absolute atomic E-state index is 13.3. The molecule has 1 aromatic carbocycles. The lowest BCUT2D eigenvalue weighted by Crippen LogP contribution is -2.47. The molecule has 0 saturated carbocycles. The zero-order valence-corrected chi connectivity index (χ0v) is 21.5. The van der Waals surface area contributed by atoms with Gasteiger partial charge in [-0.3, -0.25) is 9.59 Å². The number of amides is 2. The van der Waals surface area contributed by atoms with E-state index in [9.17, 15) is 9.59 Å². The molecule has 33 heavy (non-hydrogen) atoms. The fourth-order valence-electron chi connectivity index (χ4n) is 3.57. The van der Waals surface area contributed by atoms with Crippen molar-refractivity contribution in [3.8, 4) is 0 Å². The lowest BCUT2D eigenvalue weighted by Gasteiger charge is -2.20. The highest BCUT2D eigenvalue weighted by Gasteiger charge is 2.23. The van der Waals surface area contributed by atoms with Crippen LogP contribution in [0.25, 0.3) is 0 Å². The van der Waals surface area contributed by atoms with E-state index in [0.29, 0.717) is 30.0 Å².